The number of benzene rings is 2. The van der Waals surface area contributed by atoms with Gasteiger partial charge in [0.15, 0.2) is 0 Å². The van der Waals surface area contributed by atoms with E-state index in [1.165, 1.54) is 5.56 Å². The van der Waals surface area contributed by atoms with Crippen molar-refractivity contribution >= 4 is 5.82 Å². The van der Waals surface area contributed by atoms with Crippen LogP contribution in [0.25, 0.3) is 11.3 Å². The van der Waals surface area contributed by atoms with E-state index in [2.05, 4.69) is 40.8 Å². The van der Waals surface area contributed by atoms with Gasteiger partial charge in [-0.2, -0.15) is 15.5 Å². The number of nitrogens with one attached hydrogen (secondary N) is 1. The van der Waals surface area contributed by atoms with Gasteiger partial charge in [0, 0.05) is 36.1 Å². The Balaban J connectivity index is 1.48. The normalized spacial score (nSPS) is 10.6. The molecule has 0 spiro atoms. The minimum Gasteiger partial charge on any atom is -0.364 e. The van der Waals surface area contributed by atoms with Gasteiger partial charge in [0.05, 0.1) is 31.3 Å². The quantitative estimate of drug-likeness (QED) is 0.493. The van der Waals surface area contributed by atoms with E-state index in [9.17, 15) is 0 Å². The lowest BCUT2D eigenvalue weighted by Crippen LogP contribution is -2.04. The highest BCUT2D eigenvalue weighted by molar-refractivity contribution is 5.63. The molecule has 0 atom stereocenters. The summed E-state index contributed by atoms with van der Waals surface area (Å²) in [4.78, 5) is 0. The minimum absolute atomic E-state index is 0.437. The third kappa shape index (κ3) is 4.71. The summed E-state index contributed by atoms with van der Waals surface area (Å²) in [5, 5.41) is 21.6. The topological polar surface area (TPSA) is 71.5 Å². The van der Waals surface area contributed by atoms with Gasteiger partial charge in [-0.25, -0.2) is 0 Å². The largest absolute Gasteiger partial charge is 0.364 e. The third-order valence-corrected chi connectivity index (χ3v) is 4.63. The number of anilines is 1. The van der Waals surface area contributed by atoms with Crippen molar-refractivity contribution in [2.24, 2.45) is 0 Å². The predicted octanol–water partition coefficient (Wildman–Crippen LogP) is 4.32. The molecule has 0 aliphatic rings. The van der Waals surface area contributed by atoms with Crippen LogP contribution in [0.15, 0.2) is 79.1 Å². The zero-order chi connectivity index (χ0) is 19.9. The van der Waals surface area contributed by atoms with Gasteiger partial charge < -0.3 is 5.32 Å². The first-order valence-electron chi connectivity index (χ1n) is 9.62. The van der Waals surface area contributed by atoms with Gasteiger partial charge in [-0.05, 0) is 5.56 Å². The Bertz CT molecular complexity index is 1090. The number of rotatable bonds is 8. The molecular weight excluding hydrogens is 360 g/mol. The van der Waals surface area contributed by atoms with E-state index in [-0.39, 0.29) is 0 Å². The summed E-state index contributed by atoms with van der Waals surface area (Å²) in [6.45, 7) is 1.94. The van der Waals surface area contributed by atoms with Crippen molar-refractivity contribution in [3.8, 4) is 17.3 Å². The molecular formula is C23H22N6. The zero-order valence-electron chi connectivity index (χ0n) is 16.1. The average molecular weight is 382 g/mol. The molecule has 6 heteroatoms. The highest BCUT2D eigenvalue weighted by atomic mass is 15.3. The van der Waals surface area contributed by atoms with Crippen molar-refractivity contribution in [3.05, 3.63) is 90.3 Å². The highest BCUT2D eigenvalue weighted by Crippen LogP contribution is 2.23. The van der Waals surface area contributed by atoms with Crippen LogP contribution in [0.1, 0.15) is 17.5 Å². The van der Waals surface area contributed by atoms with E-state index in [0.717, 1.165) is 29.2 Å². The Kier molecular flexibility index (Phi) is 5.68. The lowest BCUT2D eigenvalue weighted by atomic mass is 10.1. The van der Waals surface area contributed by atoms with Crippen molar-refractivity contribution in [2.45, 2.75) is 26.1 Å². The molecule has 1 N–H and O–H groups in total. The van der Waals surface area contributed by atoms with Crippen molar-refractivity contribution in [1.82, 2.24) is 19.6 Å². The summed E-state index contributed by atoms with van der Waals surface area (Å²) >= 11 is 0. The van der Waals surface area contributed by atoms with Gasteiger partial charge in [-0.1, -0.05) is 60.7 Å². The molecule has 0 saturated carbocycles. The van der Waals surface area contributed by atoms with E-state index in [1.54, 1.807) is 0 Å². The molecule has 0 aliphatic heterocycles. The van der Waals surface area contributed by atoms with E-state index in [0.29, 0.717) is 19.5 Å². The van der Waals surface area contributed by atoms with Gasteiger partial charge in [0.2, 0.25) is 0 Å². The summed E-state index contributed by atoms with van der Waals surface area (Å²) in [5.74, 6) is 0.824. The smallest absolute Gasteiger partial charge is 0.148 e. The molecule has 0 saturated heterocycles. The van der Waals surface area contributed by atoms with Crippen LogP contribution >= 0.6 is 0 Å². The molecule has 144 valence electrons. The van der Waals surface area contributed by atoms with Crippen molar-refractivity contribution < 1.29 is 0 Å². The van der Waals surface area contributed by atoms with Gasteiger partial charge in [-0.15, -0.1) is 0 Å². The molecule has 2 aromatic heterocycles. The Morgan fingerprint density at radius 1 is 0.897 bits per heavy atom. The lowest BCUT2D eigenvalue weighted by molar-refractivity contribution is 0.629. The fourth-order valence-corrected chi connectivity index (χ4v) is 3.21. The third-order valence-electron chi connectivity index (χ3n) is 4.63. The molecule has 0 fully saturated rings. The zero-order valence-corrected chi connectivity index (χ0v) is 16.1. The Labute approximate surface area is 170 Å². The van der Waals surface area contributed by atoms with Crippen molar-refractivity contribution in [1.29, 1.82) is 5.26 Å². The van der Waals surface area contributed by atoms with Crippen LogP contribution in [-0.2, 0) is 19.6 Å². The van der Waals surface area contributed by atoms with E-state index >= 15 is 0 Å². The van der Waals surface area contributed by atoms with Gasteiger partial charge in [0.1, 0.15) is 5.82 Å². The maximum absolute atomic E-state index is 8.87. The molecule has 2 heterocycles. The first-order valence-corrected chi connectivity index (χ1v) is 9.62. The average Bonchev–Trinajstić information content (AvgIpc) is 3.39. The summed E-state index contributed by atoms with van der Waals surface area (Å²) < 4.78 is 3.77. The van der Waals surface area contributed by atoms with E-state index in [1.807, 2.05) is 64.2 Å². The Hall–Kier alpha value is -3.85. The summed E-state index contributed by atoms with van der Waals surface area (Å²) in [6, 6.07) is 24.5. The highest BCUT2D eigenvalue weighted by Gasteiger charge is 2.11. The maximum Gasteiger partial charge on any atom is 0.148 e. The molecule has 0 amide bonds. The van der Waals surface area contributed by atoms with Crippen molar-refractivity contribution in [2.75, 3.05) is 5.32 Å². The van der Waals surface area contributed by atoms with Crippen LogP contribution in [0.4, 0.5) is 5.82 Å². The van der Waals surface area contributed by atoms with Crippen LogP contribution < -0.4 is 5.32 Å². The van der Waals surface area contributed by atoms with Crippen LogP contribution in [-0.4, -0.2) is 19.6 Å². The van der Waals surface area contributed by atoms with Crippen LogP contribution in [0, 0.1) is 11.3 Å². The Morgan fingerprint density at radius 2 is 1.66 bits per heavy atom. The number of hydrogen-bond donors (Lipinski definition) is 1. The molecule has 4 rings (SSSR count). The second-order valence-electron chi connectivity index (χ2n) is 6.78. The maximum atomic E-state index is 8.87. The molecule has 0 bridgehead atoms. The SMILES string of the molecule is N#CCCn1cc(CNc2ccn(Cc3ccccc3)n2)c(-c2ccccc2)n1. The molecule has 0 aliphatic carbocycles. The minimum atomic E-state index is 0.437. The van der Waals surface area contributed by atoms with Gasteiger partial charge >= 0.3 is 0 Å². The molecule has 29 heavy (non-hydrogen) atoms. The van der Waals surface area contributed by atoms with Crippen molar-refractivity contribution in [3.63, 3.8) is 0 Å². The molecule has 0 unspecified atom stereocenters. The standard InChI is InChI=1S/C23H22N6/c24-13-7-14-28-18-21(23(27-28)20-10-5-2-6-11-20)16-25-22-12-15-29(26-22)17-19-8-3-1-4-9-19/h1-6,8-12,15,18H,7,14,16-17H2,(H,25,26). The molecule has 0 radical (unpaired) electrons. The van der Waals surface area contributed by atoms with Crippen LogP contribution in [0.3, 0.4) is 0 Å². The fraction of sp³-hybridized carbons (Fsp3) is 0.174. The predicted molar refractivity (Wildman–Crippen MR) is 113 cm³/mol. The monoisotopic (exact) mass is 382 g/mol. The number of aromatic nitrogens is 4. The summed E-state index contributed by atoms with van der Waals surface area (Å²) in [6.07, 6.45) is 4.42. The number of nitriles is 1. The first-order chi connectivity index (χ1) is 14.3. The van der Waals surface area contributed by atoms with Gasteiger partial charge in [-0.3, -0.25) is 9.36 Å². The van der Waals surface area contributed by atoms with Crippen LogP contribution in [0.5, 0.6) is 0 Å². The lowest BCUT2D eigenvalue weighted by Gasteiger charge is -2.05. The molecule has 4 aromatic rings. The second-order valence-corrected chi connectivity index (χ2v) is 6.78. The fourth-order valence-electron chi connectivity index (χ4n) is 3.21. The van der Waals surface area contributed by atoms with E-state index in [4.69, 9.17) is 10.4 Å². The summed E-state index contributed by atoms with van der Waals surface area (Å²) in [7, 11) is 0. The summed E-state index contributed by atoms with van der Waals surface area (Å²) in [5.41, 5.74) is 4.29. The number of nitrogens with zero attached hydrogens (tertiary/aromatic N) is 5. The van der Waals surface area contributed by atoms with Crippen LogP contribution in [0.2, 0.25) is 0 Å². The van der Waals surface area contributed by atoms with E-state index < -0.39 is 0 Å². The molecule has 6 nitrogen and oxygen atoms in total. The second kappa shape index (κ2) is 8.89. The number of hydrogen-bond acceptors (Lipinski definition) is 4. The molecule has 2 aromatic carbocycles. The Morgan fingerprint density at radius 3 is 2.41 bits per heavy atom. The number of aryl methyl sites for hydroxylation is 1. The first kappa shape index (κ1) is 18.5. The van der Waals surface area contributed by atoms with Gasteiger partial charge in [0.25, 0.3) is 0 Å².